The maximum absolute atomic E-state index is 12.5. The lowest BCUT2D eigenvalue weighted by atomic mass is 10.2. The molecule has 0 heterocycles. The van der Waals surface area contributed by atoms with Crippen molar-refractivity contribution in [3.8, 4) is 5.75 Å². The first-order valence-electron chi connectivity index (χ1n) is 8.25. The molecule has 0 bridgehead atoms. The number of carbonyl (C=O) groups is 1. The molecule has 0 atom stereocenters. The summed E-state index contributed by atoms with van der Waals surface area (Å²) in [5, 5.41) is 2.69. The van der Waals surface area contributed by atoms with E-state index >= 15 is 0 Å². The van der Waals surface area contributed by atoms with Gasteiger partial charge in [0.1, 0.15) is 10.6 Å². The summed E-state index contributed by atoms with van der Waals surface area (Å²) in [4.78, 5) is 12.0. The van der Waals surface area contributed by atoms with Crippen LogP contribution in [0.25, 0.3) is 0 Å². The van der Waals surface area contributed by atoms with Crippen molar-refractivity contribution in [3.63, 3.8) is 0 Å². The molecule has 0 spiro atoms. The second-order valence-electron chi connectivity index (χ2n) is 6.15. The number of anilines is 1. The van der Waals surface area contributed by atoms with Gasteiger partial charge in [0.05, 0.1) is 19.6 Å². The van der Waals surface area contributed by atoms with Gasteiger partial charge in [-0.15, -0.1) is 0 Å². The highest BCUT2D eigenvalue weighted by atomic mass is 32.2. The topological polar surface area (TPSA) is 84.9 Å². The minimum Gasteiger partial charge on any atom is -0.492 e. The molecule has 8 heteroatoms. The first-order valence-corrected chi connectivity index (χ1v) is 9.69. The number of hydrogen-bond donors (Lipinski definition) is 1. The molecule has 0 saturated carbocycles. The summed E-state index contributed by atoms with van der Waals surface area (Å²) in [5.74, 6) is 0.434. The minimum atomic E-state index is -3.69. The Morgan fingerprint density at radius 2 is 1.96 bits per heavy atom. The van der Waals surface area contributed by atoms with E-state index in [1.54, 1.807) is 19.1 Å². The van der Waals surface area contributed by atoms with Crippen molar-refractivity contribution in [2.45, 2.75) is 32.1 Å². The molecule has 1 N–H and O–H groups in total. The summed E-state index contributed by atoms with van der Waals surface area (Å²) >= 11 is 0. The van der Waals surface area contributed by atoms with Crippen LogP contribution in [0.3, 0.4) is 0 Å². The van der Waals surface area contributed by atoms with Crippen LogP contribution in [0.4, 0.5) is 5.69 Å². The molecule has 7 nitrogen and oxygen atoms in total. The first-order chi connectivity index (χ1) is 11.7. The number of nitrogens with zero attached hydrogens (tertiary/aromatic N) is 1. The number of benzene rings is 1. The Morgan fingerprint density at radius 3 is 2.52 bits per heavy atom. The highest BCUT2D eigenvalue weighted by Gasteiger charge is 2.23. The smallest absolute Gasteiger partial charge is 0.246 e. The first kappa shape index (κ1) is 21.4. The fourth-order valence-electron chi connectivity index (χ4n) is 1.97. The van der Waals surface area contributed by atoms with Crippen molar-refractivity contribution in [1.82, 2.24) is 4.31 Å². The SMILES string of the molecule is CCOc1ccc(NC(=O)CCOCC(C)C)cc1S(=O)(=O)N(C)C. The third kappa shape index (κ3) is 6.64. The molecule has 0 fully saturated rings. The molecule has 0 saturated heterocycles. The van der Waals surface area contributed by atoms with E-state index < -0.39 is 10.0 Å². The minimum absolute atomic E-state index is 0.0215. The van der Waals surface area contributed by atoms with Crippen LogP contribution >= 0.6 is 0 Å². The molecule has 0 aromatic heterocycles. The van der Waals surface area contributed by atoms with Gasteiger partial charge in [-0.2, -0.15) is 0 Å². The number of nitrogens with one attached hydrogen (secondary N) is 1. The van der Waals surface area contributed by atoms with Gasteiger partial charge in [0.25, 0.3) is 0 Å². The van der Waals surface area contributed by atoms with Crippen molar-refractivity contribution in [3.05, 3.63) is 18.2 Å². The van der Waals surface area contributed by atoms with Gasteiger partial charge in [0, 0.05) is 26.4 Å². The maximum Gasteiger partial charge on any atom is 0.246 e. The number of hydrogen-bond acceptors (Lipinski definition) is 5. The molecule has 25 heavy (non-hydrogen) atoms. The average Bonchev–Trinajstić information content (AvgIpc) is 2.52. The predicted octanol–water partition coefficient (Wildman–Crippen LogP) is 2.34. The van der Waals surface area contributed by atoms with E-state index in [2.05, 4.69) is 5.32 Å². The van der Waals surface area contributed by atoms with Gasteiger partial charge in [-0.05, 0) is 31.0 Å². The van der Waals surface area contributed by atoms with E-state index in [0.717, 1.165) is 4.31 Å². The van der Waals surface area contributed by atoms with Crippen LogP contribution in [0.15, 0.2) is 23.1 Å². The van der Waals surface area contributed by atoms with E-state index in [4.69, 9.17) is 9.47 Å². The van der Waals surface area contributed by atoms with Crippen LogP contribution in [0.5, 0.6) is 5.75 Å². The molecule has 0 aliphatic heterocycles. The van der Waals surface area contributed by atoms with Crippen LogP contribution in [-0.4, -0.2) is 52.5 Å². The Morgan fingerprint density at radius 1 is 1.28 bits per heavy atom. The zero-order valence-electron chi connectivity index (χ0n) is 15.5. The lowest BCUT2D eigenvalue weighted by Crippen LogP contribution is -2.23. The molecule has 0 aliphatic carbocycles. The molecule has 0 radical (unpaired) electrons. The van der Waals surface area contributed by atoms with Gasteiger partial charge < -0.3 is 14.8 Å². The molecule has 142 valence electrons. The molecule has 0 unspecified atom stereocenters. The zero-order chi connectivity index (χ0) is 19.0. The zero-order valence-corrected chi connectivity index (χ0v) is 16.4. The van der Waals surface area contributed by atoms with Crippen molar-refractivity contribution in [2.75, 3.05) is 39.2 Å². The number of carbonyl (C=O) groups excluding carboxylic acids is 1. The van der Waals surface area contributed by atoms with Crippen molar-refractivity contribution < 1.29 is 22.7 Å². The molecular formula is C17H28N2O5S. The maximum atomic E-state index is 12.5. The van der Waals surface area contributed by atoms with Crippen LogP contribution in [0.1, 0.15) is 27.2 Å². The Hall–Kier alpha value is -1.64. The van der Waals surface area contributed by atoms with Gasteiger partial charge in [-0.3, -0.25) is 4.79 Å². The van der Waals surface area contributed by atoms with Gasteiger partial charge in [-0.1, -0.05) is 13.8 Å². The number of ether oxygens (including phenoxy) is 2. The second kappa shape index (κ2) is 9.74. The lowest BCUT2D eigenvalue weighted by Gasteiger charge is -2.16. The third-order valence-corrected chi connectivity index (χ3v) is 5.05. The molecular weight excluding hydrogens is 344 g/mol. The molecule has 1 rings (SSSR count). The van der Waals surface area contributed by atoms with Crippen molar-refractivity contribution in [1.29, 1.82) is 0 Å². The molecule has 1 amide bonds. The largest absolute Gasteiger partial charge is 0.492 e. The fraction of sp³-hybridized carbons (Fsp3) is 0.588. The van der Waals surface area contributed by atoms with Crippen LogP contribution in [0, 0.1) is 5.92 Å². The average molecular weight is 372 g/mol. The third-order valence-electron chi connectivity index (χ3n) is 3.21. The number of sulfonamides is 1. The standard InChI is InChI=1S/C17H28N2O5S/c1-6-24-15-8-7-14(11-16(15)25(21,22)19(4)5)18-17(20)9-10-23-12-13(2)3/h7-8,11,13H,6,9-10,12H2,1-5H3,(H,18,20). The molecule has 1 aromatic carbocycles. The summed E-state index contributed by atoms with van der Waals surface area (Å²) in [7, 11) is -0.793. The highest BCUT2D eigenvalue weighted by molar-refractivity contribution is 7.89. The van der Waals surface area contributed by atoms with Crippen LogP contribution in [0.2, 0.25) is 0 Å². The Kier molecular flexibility index (Phi) is 8.34. The van der Waals surface area contributed by atoms with Crippen LogP contribution in [-0.2, 0) is 19.6 Å². The van der Waals surface area contributed by atoms with Gasteiger partial charge in [0.2, 0.25) is 15.9 Å². The highest BCUT2D eigenvalue weighted by Crippen LogP contribution is 2.29. The van der Waals surface area contributed by atoms with Gasteiger partial charge in [-0.25, -0.2) is 12.7 Å². The molecule has 0 aliphatic rings. The normalized spacial score (nSPS) is 11.8. The van der Waals surface area contributed by atoms with E-state index in [0.29, 0.717) is 31.4 Å². The Labute approximate surface area is 150 Å². The lowest BCUT2D eigenvalue weighted by molar-refractivity contribution is -0.117. The second-order valence-corrected chi connectivity index (χ2v) is 8.27. The Balaban J connectivity index is 2.86. The van der Waals surface area contributed by atoms with Crippen LogP contribution < -0.4 is 10.1 Å². The monoisotopic (exact) mass is 372 g/mol. The van der Waals surface area contributed by atoms with E-state index in [1.165, 1.54) is 20.2 Å². The molecule has 1 aromatic rings. The number of amides is 1. The Bertz CT molecular complexity index is 672. The summed E-state index contributed by atoms with van der Waals surface area (Å²) in [6.45, 7) is 7.11. The predicted molar refractivity (Wildman–Crippen MR) is 97.4 cm³/mol. The summed E-state index contributed by atoms with van der Waals surface area (Å²) < 4.78 is 36.8. The van der Waals surface area contributed by atoms with E-state index in [9.17, 15) is 13.2 Å². The van der Waals surface area contributed by atoms with Gasteiger partial charge >= 0.3 is 0 Å². The van der Waals surface area contributed by atoms with Gasteiger partial charge in [0.15, 0.2) is 0 Å². The quantitative estimate of drug-likeness (QED) is 0.637. The summed E-state index contributed by atoms with van der Waals surface area (Å²) in [5.41, 5.74) is 0.401. The summed E-state index contributed by atoms with van der Waals surface area (Å²) in [6, 6.07) is 4.57. The fourth-order valence-corrected chi connectivity index (χ4v) is 3.02. The number of rotatable bonds is 10. The van der Waals surface area contributed by atoms with Crippen molar-refractivity contribution >= 4 is 21.6 Å². The van der Waals surface area contributed by atoms with E-state index in [-0.39, 0.29) is 23.0 Å². The van der Waals surface area contributed by atoms with Crippen molar-refractivity contribution in [2.24, 2.45) is 5.92 Å². The van der Waals surface area contributed by atoms with E-state index in [1.807, 2.05) is 13.8 Å². The summed E-state index contributed by atoms with van der Waals surface area (Å²) in [6.07, 6.45) is 0.204.